The van der Waals surface area contributed by atoms with Crippen LogP contribution in [-0.2, 0) is 82.0 Å². The summed E-state index contributed by atoms with van der Waals surface area (Å²) in [5, 5.41) is 0. The van der Waals surface area contributed by atoms with E-state index in [0.717, 1.165) is 0 Å². The molecule has 0 aliphatic rings. The smallest absolute Gasteiger partial charge is 0.822 e. The predicted octanol–water partition coefficient (Wildman–Crippen LogP) is -8.48. The van der Waals surface area contributed by atoms with E-state index in [1.165, 1.54) is 0 Å². The molecule has 0 rings (SSSR count). The molecule has 0 N–H and O–H groups in total. The predicted molar refractivity (Wildman–Crippen MR) is 22.8 cm³/mol. The van der Waals surface area contributed by atoms with Crippen LogP contribution in [0.15, 0.2) is 0 Å². The zero-order chi connectivity index (χ0) is 13.5. The molecule has 0 bridgehead atoms. The molecule has 0 unspecified atom stereocenters. The molecule has 0 aromatic heterocycles. The summed E-state index contributed by atoms with van der Waals surface area (Å²) in [6, 6.07) is 0. The zero-order valence-electron chi connectivity index (χ0n) is 7.65. The first-order valence-electron chi connectivity index (χ1n) is 2.19. The fourth-order valence-corrected chi connectivity index (χ4v) is 0. The molecule has 0 aromatic carbocycles. The van der Waals surface area contributed by atoms with Crippen molar-refractivity contribution in [2.24, 2.45) is 0 Å². The van der Waals surface area contributed by atoms with Gasteiger partial charge >= 0.3 is 68.3 Å². The molecule has 0 saturated carbocycles. The minimum Gasteiger partial charge on any atom is -0.822 e. The third-order valence-electron chi connectivity index (χ3n) is 0. The van der Waals surface area contributed by atoms with Gasteiger partial charge in [0.25, 0.3) is 0 Å². The molecule has 0 saturated heterocycles. The molecule has 0 aliphatic heterocycles. The Morgan fingerprint density at radius 2 is 0.421 bits per heavy atom. The summed E-state index contributed by atoms with van der Waals surface area (Å²) in [6.07, 6.45) is 0. The molecular formula is Fe4O12P3. The van der Waals surface area contributed by atoms with E-state index < -0.39 is 23.5 Å². The molecule has 0 heterocycles. The van der Waals surface area contributed by atoms with Gasteiger partial charge in [-0.3, -0.25) is 0 Å². The van der Waals surface area contributed by atoms with Crippen LogP contribution in [0.4, 0.5) is 0 Å². The van der Waals surface area contributed by atoms with E-state index in [-0.39, 0.29) is 68.3 Å². The molecule has 119 valence electrons. The van der Waals surface area contributed by atoms with Gasteiger partial charge in [0.15, 0.2) is 0 Å². The summed E-state index contributed by atoms with van der Waals surface area (Å²) >= 11 is 0. The molecule has 12 nitrogen and oxygen atoms in total. The standard InChI is InChI=1S/4Fe.3H3O4P/c;;;;3*1-5(2,3)4/h;;;;3*(H3,1,2,3,4)/q3*+2;+3;;;/p-9. The Hall–Kier alpha value is 2.41. The second kappa shape index (κ2) is 18.5. The topological polar surface area (TPSA) is 259 Å². The first-order valence-corrected chi connectivity index (χ1v) is 6.57. The van der Waals surface area contributed by atoms with Gasteiger partial charge in [-0.2, -0.15) is 23.5 Å². The van der Waals surface area contributed by atoms with Crippen molar-refractivity contribution in [2.45, 2.75) is 0 Å². The molecule has 0 aliphatic carbocycles. The van der Waals surface area contributed by atoms with Gasteiger partial charge in [0.1, 0.15) is 0 Å². The minimum absolute atomic E-state index is 0. The Kier molecular flexibility index (Phi) is 41.7. The largest absolute Gasteiger partial charge is 3.00 e. The number of hydrogen-bond acceptors (Lipinski definition) is 12. The average molecular weight is 508 g/mol. The van der Waals surface area contributed by atoms with Crippen LogP contribution in [-0.4, -0.2) is 0 Å². The van der Waals surface area contributed by atoms with Gasteiger partial charge in [0.2, 0.25) is 0 Å². The van der Waals surface area contributed by atoms with Crippen molar-refractivity contribution in [3.05, 3.63) is 0 Å². The molecule has 0 fully saturated rings. The summed E-state index contributed by atoms with van der Waals surface area (Å²) in [5.74, 6) is 0. The summed E-state index contributed by atoms with van der Waals surface area (Å²) < 4.78 is 25.6. The first-order chi connectivity index (χ1) is 6.00. The van der Waals surface area contributed by atoms with Crippen LogP contribution in [0.1, 0.15) is 0 Å². The molecule has 0 spiro atoms. The molecule has 0 atom stereocenters. The van der Waals surface area contributed by atoms with Gasteiger partial charge in [-0.15, -0.1) is 0 Å². The van der Waals surface area contributed by atoms with E-state index in [4.69, 9.17) is 57.7 Å². The summed E-state index contributed by atoms with van der Waals surface area (Å²) in [6.45, 7) is 0. The van der Waals surface area contributed by atoms with E-state index in [1.54, 1.807) is 0 Å². The minimum atomic E-state index is -5.39. The maximum atomic E-state index is 8.55. The van der Waals surface area contributed by atoms with Crippen LogP contribution in [0.2, 0.25) is 0 Å². The second-order valence-corrected chi connectivity index (χ2v) is 4.02. The Morgan fingerprint density at radius 3 is 0.421 bits per heavy atom. The quantitative estimate of drug-likeness (QED) is 0.218. The Balaban J connectivity index is -0.0000000206. The third-order valence-corrected chi connectivity index (χ3v) is 0. The van der Waals surface area contributed by atoms with Crippen molar-refractivity contribution in [3.63, 3.8) is 0 Å². The summed E-state index contributed by atoms with van der Waals surface area (Å²) in [7, 11) is -16.2. The molecule has 0 amide bonds. The number of rotatable bonds is 0. The molecule has 19 heavy (non-hydrogen) atoms. The molecule has 1 radical (unpaired) electrons. The average Bonchev–Trinajstić information content (AvgIpc) is 1.41. The monoisotopic (exact) mass is 509 g/mol. The maximum Gasteiger partial charge on any atom is 3.00 e. The van der Waals surface area contributed by atoms with E-state index >= 15 is 0 Å². The van der Waals surface area contributed by atoms with Crippen molar-refractivity contribution in [1.82, 2.24) is 0 Å². The summed E-state index contributed by atoms with van der Waals surface area (Å²) in [5.41, 5.74) is 0. The Bertz CT molecular complexity index is 211. The van der Waals surface area contributed by atoms with Crippen molar-refractivity contribution >= 4 is 23.5 Å². The first kappa shape index (κ1) is 43.0. The van der Waals surface area contributed by atoms with Gasteiger partial charge in [0.05, 0.1) is 0 Å². The van der Waals surface area contributed by atoms with Crippen molar-refractivity contribution in [2.75, 3.05) is 0 Å². The van der Waals surface area contributed by atoms with Crippen LogP contribution < -0.4 is 44.0 Å². The van der Waals surface area contributed by atoms with E-state index in [9.17, 15) is 0 Å². The molecular weight excluding hydrogens is 508 g/mol. The fourth-order valence-electron chi connectivity index (χ4n) is 0. The Morgan fingerprint density at radius 1 is 0.421 bits per heavy atom. The summed E-state index contributed by atoms with van der Waals surface area (Å²) in [4.78, 5) is 76.9. The van der Waals surface area contributed by atoms with Gasteiger partial charge in [-0.25, -0.2) is 0 Å². The van der Waals surface area contributed by atoms with Crippen molar-refractivity contribution in [3.8, 4) is 0 Å². The fraction of sp³-hybridized carbons (Fsp3) is 0. The zero-order valence-corrected chi connectivity index (χ0v) is 14.8. The normalized spacial score (nSPS) is 9.32. The number of phosphoric acid groups is 3. The van der Waals surface area contributed by atoms with Crippen LogP contribution in [0, 0.1) is 0 Å². The van der Waals surface area contributed by atoms with E-state index in [0.29, 0.717) is 0 Å². The molecule has 19 heteroatoms. The number of hydrogen-bond donors (Lipinski definition) is 0. The van der Waals surface area contributed by atoms with E-state index in [2.05, 4.69) is 0 Å². The van der Waals surface area contributed by atoms with Gasteiger partial charge in [-0.1, -0.05) is 0 Å². The molecule has 0 aromatic rings. The second-order valence-electron chi connectivity index (χ2n) is 1.34. The van der Waals surface area contributed by atoms with Crippen LogP contribution in [0.3, 0.4) is 0 Å². The maximum absolute atomic E-state index is 8.55. The van der Waals surface area contributed by atoms with Crippen LogP contribution >= 0.6 is 23.5 Å². The van der Waals surface area contributed by atoms with Crippen LogP contribution in [0.25, 0.3) is 0 Å². The Labute approximate surface area is 149 Å². The third kappa shape index (κ3) is 1190. The van der Waals surface area contributed by atoms with Crippen molar-refractivity contribution in [1.29, 1.82) is 0 Å². The van der Waals surface area contributed by atoms with Crippen LogP contribution in [0.5, 0.6) is 0 Å². The van der Waals surface area contributed by atoms with Gasteiger partial charge in [-0.05, 0) is 0 Å². The van der Waals surface area contributed by atoms with E-state index in [1.807, 2.05) is 0 Å². The van der Waals surface area contributed by atoms with Gasteiger partial charge in [0, 0.05) is 0 Å². The van der Waals surface area contributed by atoms with Crippen molar-refractivity contribution < 1.29 is 126 Å². The SMILES string of the molecule is O=P([O-])([O-])[O-].O=P([O-])([O-])[O-].O=P([O-])([O-])[O-].[Fe+2].[Fe+2].[Fe+2].[Fe+3]. The van der Waals surface area contributed by atoms with Gasteiger partial charge < -0.3 is 57.7 Å².